The van der Waals surface area contributed by atoms with Crippen LogP contribution in [0.2, 0.25) is 0 Å². The van der Waals surface area contributed by atoms with Crippen molar-refractivity contribution in [3.8, 4) is 0 Å². The molecule has 0 spiro atoms. The van der Waals surface area contributed by atoms with Crippen LogP contribution < -0.4 is 5.73 Å². The quantitative estimate of drug-likeness (QED) is 0.838. The molecule has 0 amide bonds. The Morgan fingerprint density at radius 2 is 1.89 bits per heavy atom. The third-order valence-corrected chi connectivity index (χ3v) is 4.16. The second-order valence-electron chi connectivity index (χ2n) is 5.72. The Kier molecular flexibility index (Phi) is 4.78. The second kappa shape index (κ2) is 6.36. The fraction of sp³-hybridized carbons (Fsp3) is 0.529. The van der Waals surface area contributed by atoms with Crippen molar-refractivity contribution in [3.63, 3.8) is 0 Å². The summed E-state index contributed by atoms with van der Waals surface area (Å²) >= 11 is 0. The molecule has 2 nitrogen and oxygen atoms in total. The van der Waals surface area contributed by atoms with Gasteiger partial charge in [0.25, 0.3) is 0 Å². The molecule has 2 atom stereocenters. The summed E-state index contributed by atoms with van der Waals surface area (Å²) in [6, 6.07) is 9.40. The number of rotatable bonds is 4. The van der Waals surface area contributed by atoms with Gasteiger partial charge in [-0.05, 0) is 32.3 Å². The normalized spacial score (nSPS) is 19.9. The van der Waals surface area contributed by atoms with Crippen molar-refractivity contribution in [2.75, 3.05) is 13.1 Å². The lowest BCUT2D eigenvalue weighted by Gasteiger charge is -2.37. The van der Waals surface area contributed by atoms with Crippen LogP contribution in [0.25, 0.3) is 0 Å². The minimum atomic E-state index is 0.203. The van der Waals surface area contributed by atoms with E-state index in [9.17, 15) is 0 Å². The summed E-state index contributed by atoms with van der Waals surface area (Å²) in [5, 5.41) is 0. The summed E-state index contributed by atoms with van der Waals surface area (Å²) in [5.74, 6) is 0. The number of hydrogen-bond acceptors (Lipinski definition) is 2. The smallest absolute Gasteiger partial charge is 0.0502 e. The van der Waals surface area contributed by atoms with Crippen LogP contribution in [0.4, 0.5) is 0 Å². The predicted molar refractivity (Wildman–Crippen MR) is 82.1 cm³/mol. The van der Waals surface area contributed by atoms with Crippen molar-refractivity contribution in [1.29, 1.82) is 0 Å². The van der Waals surface area contributed by atoms with Gasteiger partial charge in [-0.3, -0.25) is 4.90 Å². The molecule has 0 aliphatic carbocycles. The first-order chi connectivity index (χ1) is 9.11. The summed E-state index contributed by atoms with van der Waals surface area (Å²) in [4.78, 5) is 2.52. The Morgan fingerprint density at radius 1 is 1.21 bits per heavy atom. The van der Waals surface area contributed by atoms with Crippen molar-refractivity contribution < 1.29 is 0 Å². The average molecular weight is 258 g/mol. The molecule has 1 aromatic carbocycles. The molecule has 2 unspecified atom stereocenters. The molecule has 0 saturated carbocycles. The molecule has 1 heterocycles. The molecule has 2 heteroatoms. The Hall–Kier alpha value is -1.12. The molecule has 1 aliphatic rings. The first kappa shape index (κ1) is 14.3. The SMILES string of the molecule is CCC(N)C(c1ccc(C)cc1)N1CC=C(C)CC1. The van der Waals surface area contributed by atoms with Gasteiger partial charge >= 0.3 is 0 Å². The van der Waals surface area contributed by atoms with Crippen LogP contribution >= 0.6 is 0 Å². The van der Waals surface area contributed by atoms with Gasteiger partial charge in [0.1, 0.15) is 0 Å². The number of nitrogens with two attached hydrogens (primary N) is 1. The van der Waals surface area contributed by atoms with E-state index < -0.39 is 0 Å². The van der Waals surface area contributed by atoms with Gasteiger partial charge in [-0.2, -0.15) is 0 Å². The lowest BCUT2D eigenvalue weighted by molar-refractivity contribution is 0.182. The largest absolute Gasteiger partial charge is 0.326 e. The number of nitrogens with zero attached hydrogens (tertiary/aromatic N) is 1. The molecule has 2 rings (SSSR count). The lowest BCUT2D eigenvalue weighted by atomic mass is 9.94. The van der Waals surface area contributed by atoms with Crippen LogP contribution in [0.5, 0.6) is 0 Å². The molecule has 0 saturated heterocycles. The van der Waals surface area contributed by atoms with E-state index in [4.69, 9.17) is 5.73 Å². The summed E-state index contributed by atoms with van der Waals surface area (Å²) < 4.78 is 0. The molecule has 0 fully saturated rings. The van der Waals surface area contributed by atoms with Crippen molar-refractivity contribution >= 4 is 0 Å². The van der Waals surface area contributed by atoms with Gasteiger partial charge in [-0.25, -0.2) is 0 Å². The number of benzene rings is 1. The molecule has 104 valence electrons. The molecular formula is C17H26N2. The summed E-state index contributed by atoms with van der Waals surface area (Å²) in [7, 11) is 0. The van der Waals surface area contributed by atoms with Gasteiger partial charge in [0.05, 0.1) is 6.04 Å². The molecule has 19 heavy (non-hydrogen) atoms. The standard InChI is InChI=1S/C17H26N2/c1-4-16(18)17(15-7-5-13(2)6-8-15)19-11-9-14(3)10-12-19/h5-9,16-17H,4,10-12,18H2,1-3H3. The van der Waals surface area contributed by atoms with Crippen LogP contribution in [0.15, 0.2) is 35.9 Å². The van der Waals surface area contributed by atoms with Gasteiger partial charge in [0, 0.05) is 19.1 Å². The third kappa shape index (κ3) is 3.46. The van der Waals surface area contributed by atoms with E-state index in [0.29, 0.717) is 6.04 Å². The maximum absolute atomic E-state index is 6.39. The van der Waals surface area contributed by atoms with Gasteiger partial charge < -0.3 is 5.73 Å². The minimum absolute atomic E-state index is 0.203. The monoisotopic (exact) mass is 258 g/mol. The fourth-order valence-corrected chi connectivity index (χ4v) is 2.75. The zero-order valence-electron chi connectivity index (χ0n) is 12.4. The molecule has 1 aromatic rings. The highest BCUT2D eigenvalue weighted by Gasteiger charge is 2.26. The molecule has 0 bridgehead atoms. The Balaban J connectivity index is 2.23. The molecule has 0 radical (unpaired) electrons. The maximum atomic E-state index is 6.39. The van der Waals surface area contributed by atoms with E-state index in [2.05, 4.69) is 56.0 Å². The summed E-state index contributed by atoms with van der Waals surface area (Å²) in [5.41, 5.74) is 10.6. The predicted octanol–water partition coefficient (Wildman–Crippen LogP) is 3.43. The van der Waals surface area contributed by atoms with E-state index in [1.165, 1.54) is 23.1 Å². The summed E-state index contributed by atoms with van der Waals surface area (Å²) in [6.45, 7) is 8.67. The van der Waals surface area contributed by atoms with Crippen molar-refractivity contribution in [1.82, 2.24) is 4.90 Å². The first-order valence-corrected chi connectivity index (χ1v) is 7.33. The van der Waals surface area contributed by atoms with E-state index in [1.54, 1.807) is 0 Å². The maximum Gasteiger partial charge on any atom is 0.0502 e. The lowest BCUT2D eigenvalue weighted by Crippen LogP contribution is -2.42. The van der Waals surface area contributed by atoms with Crippen LogP contribution in [0, 0.1) is 6.92 Å². The zero-order valence-corrected chi connectivity index (χ0v) is 12.4. The van der Waals surface area contributed by atoms with Gasteiger partial charge in [0.2, 0.25) is 0 Å². The van der Waals surface area contributed by atoms with Crippen LogP contribution in [-0.4, -0.2) is 24.0 Å². The molecule has 1 aliphatic heterocycles. The van der Waals surface area contributed by atoms with Gasteiger partial charge in [-0.15, -0.1) is 0 Å². The van der Waals surface area contributed by atoms with Crippen molar-refractivity contribution in [3.05, 3.63) is 47.0 Å². The first-order valence-electron chi connectivity index (χ1n) is 7.33. The summed E-state index contributed by atoms with van der Waals surface area (Å²) in [6.07, 6.45) is 4.52. The third-order valence-electron chi connectivity index (χ3n) is 4.16. The molecule has 2 N–H and O–H groups in total. The van der Waals surface area contributed by atoms with Crippen LogP contribution in [0.3, 0.4) is 0 Å². The van der Waals surface area contributed by atoms with E-state index in [0.717, 1.165) is 19.5 Å². The molecular weight excluding hydrogens is 232 g/mol. The fourth-order valence-electron chi connectivity index (χ4n) is 2.75. The topological polar surface area (TPSA) is 29.3 Å². The van der Waals surface area contributed by atoms with Crippen molar-refractivity contribution in [2.24, 2.45) is 5.73 Å². The highest BCUT2D eigenvalue weighted by Crippen LogP contribution is 2.28. The van der Waals surface area contributed by atoms with E-state index >= 15 is 0 Å². The minimum Gasteiger partial charge on any atom is -0.326 e. The Morgan fingerprint density at radius 3 is 2.42 bits per heavy atom. The van der Waals surface area contributed by atoms with Crippen LogP contribution in [0.1, 0.15) is 43.9 Å². The highest BCUT2D eigenvalue weighted by molar-refractivity contribution is 5.26. The zero-order chi connectivity index (χ0) is 13.8. The average Bonchev–Trinajstić information content (AvgIpc) is 2.43. The second-order valence-corrected chi connectivity index (χ2v) is 5.72. The van der Waals surface area contributed by atoms with Gasteiger partial charge in [-0.1, -0.05) is 48.4 Å². The van der Waals surface area contributed by atoms with Gasteiger partial charge in [0.15, 0.2) is 0 Å². The highest BCUT2D eigenvalue weighted by atomic mass is 15.2. The number of hydrogen-bond donors (Lipinski definition) is 1. The van der Waals surface area contributed by atoms with E-state index in [1.807, 2.05) is 0 Å². The number of aryl methyl sites for hydroxylation is 1. The van der Waals surface area contributed by atoms with Crippen LogP contribution in [-0.2, 0) is 0 Å². The van der Waals surface area contributed by atoms with E-state index in [-0.39, 0.29) is 6.04 Å². The Labute approximate surface area is 117 Å². The van der Waals surface area contributed by atoms with Crippen molar-refractivity contribution in [2.45, 2.75) is 45.7 Å². The molecule has 0 aromatic heterocycles. The Bertz CT molecular complexity index is 433.